The molecule has 0 aliphatic carbocycles. The molecule has 2 aliphatic rings. The van der Waals surface area contributed by atoms with Crippen molar-refractivity contribution in [2.45, 2.75) is 44.6 Å². The van der Waals surface area contributed by atoms with Crippen LogP contribution in [0.15, 0.2) is 22.8 Å². The summed E-state index contributed by atoms with van der Waals surface area (Å²) < 4.78 is 5.21. The molecule has 0 unspecified atom stereocenters. The van der Waals surface area contributed by atoms with Crippen molar-refractivity contribution >= 4 is 5.91 Å². The van der Waals surface area contributed by atoms with E-state index >= 15 is 0 Å². The zero-order valence-electron chi connectivity index (χ0n) is 12.1. The van der Waals surface area contributed by atoms with Gasteiger partial charge in [-0.25, -0.2) is 0 Å². The van der Waals surface area contributed by atoms with Crippen molar-refractivity contribution in [3.63, 3.8) is 0 Å². The number of hydrogen-bond acceptors (Lipinski definition) is 3. The fourth-order valence-electron chi connectivity index (χ4n) is 3.45. The van der Waals surface area contributed by atoms with Crippen molar-refractivity contribution in [2.24, 2.45) is 0 Å². The van der Waals surface area contributed by atoms with Gasteiger partial charge in [-0.1, -0.05) is 12.8 Å². The van der Waals surface area contributed by atoms with Crippen LogP contribution in [0.1, 0.15) is 49.1 Å². The number of piperidine rings is 1. The number of carbonyl (C=O) groups is 1. The number of hydrogen-bond donors (Lipinski definition) is 0. The van der Waals surface area contributed by atoms with Gasteiger partial charge < -0.3 is 14.2 Å². The van der Waals surface area contributed by atoms with E-state index in [1.54, 1.807) is 18.4 Å². The van der Waals surface area contributed by atoms with Crippen molar-refractivity contribution in [1.82, 2.24) is 9.80 Å². The zero-order chi connectivity index (χ0) is 13.8. The molecule has 4 nitrogen and oxygen atoms in total. The van der Waals surface area contributed by atoms with E-state index in [0.717, 1.165) is 25.9 Å². The Kier molecular flexibility index (Phi) is 4.41. The molecule has 0 aromatic carbocycles. The molecule has 0 atom stereocenters. The maximum absolute atomic E-state index is 12.2. The summed E-state index contributed by atoms with van der Waals surface area (Å²) in [4.78, 5) is 16.8. The Hall–Kier alpha value is -1.29. The lowest BCUT2D eigenvalue weighted by Crippen LogP contribution is -2.47. The van der Waals surface area contributed by atoms with Crippen LogP contribution in [-0.4, -0.2) is 47.9 Å². The van der Waals surface area contributed by atoms with Gasteiger partial charge in [0.1, 0.15) is 0 Å². The lowest BCUT2D eigenvalue weighted by Gasteiger charge is -2.37. The van der Waals surface area contributed by atoms with Crippen molar-refractivity contribution in [3.05, 3.63) is 24.2 Å². The van der Waals surface area contributed by atoms with Crippen LogP contribution < -0.4 is 0 Å². The second-order valence-corrected chi connectivity index (χ2v) is 5.95. The van der Waals surface area contributed by atoms with Crippen LogP contribution in [0.3, 0.4) is 0 Å². The van der Waals surface area contributed by atoms with Gasteiger partial charge in [0.2, 0.25) is 0 Å². The summed E-state index contributed by atoms with van der Waals surface area (Å²) in [5.74, 6) is 0.516. The van der Waals surface area contributed by atoms with Crippen molar-refractivity contribution in [2.75, 3.05) is 26.2 Å². The van der Waals surface area contributed by atoms with Crippen LogP contribution in [0.4, 0.5) is 0 Å². The van der Waals surface area contributed by atoms with E-state index in [0.29, 0.717) is 11.8 Å². The van der Waals surface area contributed by atoms with Crippen LogP contribution in [0.25, 0.3) is 0 Å². The number of carbonyl (C=O) groups excluding carboxylic acids is 1. The summed E-state index contributed by atoms with van der Waals surface area (Å²) in [6, 6.07) is 4.20. The molecule has 0 saturated carbocycles. The van der Waals surface area contributed by atoms with E-state index in [2.05, 4.69) is 4.90 Å². The Morgan fingerprint density at radius 2 is 1.75 bits per heavy atom. The summed E-state index contributed by atoms with van der Waals surface area (Å²) in [5.41, 5.74) is 0. The molecule has 0 bridgehead atoms. The molecule has 1 amide bonds. The lowest BCUT2D eigenvalue weighted by molar-refractivity contribution is 0.0593. The van der Waals surface area contributed by atoms with Gasteiger partial charge in [-0.2, -0.15) is 0 Å². The predicted octanol–water partition coefficient (Wildman–Crippen LogP) is 2.76. The summed E-state index contributed by atoms with van der Waals surface area (Å²) in [5, 5.41) is 0. The minimum absolute atomic E-state index is 0.0457. The quantitative estimate of drug-likeness (QED) is 0.833. The second-order valence-electron chi connectivity index (χ2n) is 5.95. The number of nitrogens with zero attached hydrogens (tertiary/aromatic N) is 2. The number of rotatable bonds is 2. The standard InChI is InChI=1S/C16H24N2O2/c19-16(15-6-5-13-20-15)18-11-7-14(8-12-18)17-9-3-1-2-4-10-17/h5-6,13-14H,1-4,7-12H2. The smallest absolute Gasteiger partial charge is 0.289 e. The molecule has 0 N–H and O–H groups in total. The Labute approximate surface area is 120 Å². The van der Waals surface area contributed by atoms with Gasteiger partial charge in [-0.15, -0.1) is 0 Å². The minimum Gasteiger partial charge on any atom is -0.459 e. The molecule has 0 radical (unpaired) electrons. The predicted molar refractivity (Wildman–Crippen MR) is 77.7 cm³/mol. The first-order chi connectivity index (χ1) is 9.84. The highest BCUT2D eigenvalue weighted by atomic mass is 16.3. The molecule has 110 valence electrons. The maximum Gasteiger partial charge on any atom is 0.289 e. The first-order valence-electron chi connectivity index (χ1n) is 7.91. The van der Waals surface area contributed by atoms with Crippen LogP contribution in [0, 0.1) is 0 Å². The van der Waals surface area contributed by atoms with Crippen molar-refractivity contribution in [3.8, 4) is 0 Å². The average molecular weight is 276 g/mol. The van der Waals surface area contributed by atoms with Crippen LogP contribution in [0.2, 0.25) is 0 Å². The van der Waals surface area contributed by atoms with Gasteiger partial charge in [0, 0.05) is 19.1 Å². The Bertz CT molecular complexity index is 414. The van der Waals surface area contributed by atoms with E-state index in [9.17, 15) is 4.79 Å². The summed E-state index contributed by atoms with van der Waals surface area (Å²) >= 11 is 0. The van der Waals surface area contributed by atoms with Gasteiger partial charge in [-0.3, -0.25) is 4.79 Å². The van der Waals surface area contributed by atoms with Gasteiger partial charge in [0.05, 0.1) is 6.26 Å². The third-order valence-corrected chi connectivity index (χ3v) is 4.64. The number of amides is 1. The highest BCUT2D eigenvalue weighted by Gasteiger charge is 2.28. The third kappa shape index (κ3) is 3.06. The van der Waals surface area contributed by atoms with Crippen LogP contribution in [0.5, 0.6) is 0 Å². The van der Waals surface area contributed by atoms with Gasteiger partial charge in [0.15, 0.2) is 5.76 Å². The molecular formula is C16H24N2O2. The maximum atomic E-state index is 12.2. The van der Waals surface area contributed by atoms with Crippen molar-refractivity contribution in [1.29, 1.82) is 0 Å². The van der Waals surface area contributed by atoms with Gasteiger partial charge in [0.25, 0.3) is 5.91 Å². The molecule has 1 aromatic rings. The van der Waals surface area contributed by atoms with E-state index in [1.807, 2.05) is 4.90 Å². The molecule has 20 heavy (non-hydrogen) atoms. The topological polar surface area (TPSA) is 36.7 Å². The summed E-state index contributed by atoms with van der Waals surface area (Å²) in [6.45, 7) is 4.22. The monoisotopic (exact) mass is 276 g/mol. The largest absolute Gasteiger partial charge is 0.459 e. The molecule has 2 aliphatic heterocycles. The highest BCUT2D eigenvalue weighted by molar-refractivity contribution is 5.91. The molecule has 3 heterocycles. The second kappa shape index (κ2) is 6.44. The summed E-state index contributed by atoms with van der Waals surface area (Å²) in [6.07, 6.45) is 9.21. The SMILES string of the molecule is O=C(c1ccco1)N1CCC(N2CCCCCC2)CC1. The van der Waals surface area contributed by atoms with Crippen LogP contribution in [-0.2, 0) is 0 Å². The molecule has 2 saturated heterocycles. The summed E-state index contributed by atoms with van der Waals surface area (Å²) in [7, 11) is 0. The van der Waals surface area contributed by atoms with Gasteiger partial charge in [-0.05, 0) is 50.9 Å². The molecule has 4 heteroatoms. The first kappa shape index (κ1) is 13.7. The zero-order valence-corrected chi connectivity index (χ0v) is 12.1. The number of likely N-dealkylation sites (tertiary alicyclic amines) is 2. The Morgan fingerprint density at radius 3 is 2.35 bits per heavy atom. The van der Waals surface area contributed by atoms with E-state index < -0.39 is 0 Å². The van der Waals surface area contributed by atoms with Crippen molar-refractivity contribution < 1.29 is 9.21 Å². The first-order valence-corrected chi connectivity index (χ1v) is 7.91. The van der Waals surface area contributed by atoms with E-state index in [4.69, 9.17) is 4.42 Å². The molecular weight excluding hydrogens is 252 g/mol. The Morgan fingerprint density at radius 1 is 1.05 bits per heavy atom. The molecule has 2 fully saturated rings. The average Bonchev–Trinajstić information content (AvgIpc) is 2.89. The fraction of sp³-hybridized carbons (Fsp3) is 0.688. The lowest BCUT2D eigenvalue weighted by atomic mass is 10.0. The molecule has 0 spiro atoms. The Balaban J connectivity index is 1.52. The van der Waals surface area contributed by atoms with E-state index in [-0.39, 0.29) is 5.91 Å². The van der Waals surface area contributed by atoms with Crippen LogP contribution >= 0.6 is 0 Å². The minimum atomic E-state index is 0.0457. The third-order valence-electron chi connectivity index (χ3n) is 4.64. The molecule has 3 rings (SSSR count). The highest BCUT2D eigenvalue weighted by Crippen LogP contribution is 2.21. The molecule has 1 aromatic heterocycles. The fourth-order valence-corrected chi connectivity index (χ4v) is 3.45. The number of furan rings is 1. The normalized spacial score (nSPS) is 22.7. The van der Waals surface area contributed by atoms with E-state index in [1.165, 1.54) is 38.8 Å². The van der Waals surface area contributed by atoms with Gasteiger partial charge >= 0.3 is 0 Å².